The van der Waals surface area contributed by atoms with Crippen LogP contribution < -0.4 is 0 Å². The summed E-state index contributed by atoms with van der Waals surface area (Å²) in [6, 6.07) is 22.7. The molecule has 0 aliphatic heterocycles. The molecule has 0 N–H and O–H groups in total. The highest BCUT2D eigenvalue weighted by Crippen LogP contribution is 2.21. The summed E-state index contributed by atoms with van der Waals surface area (Å²) < 4.78 is 0. The summed E-state index contributed by atoms with van der Waals surface area (Å²) in [4.78, 5) is 75.1. The Morgan fingerprint density at radius 1 is 0.308 bits per heavy atom. The molecule has 192 valence electrons. The van der Waals surface area contributed by atoms with Crippen LogP contribution in [-0.4, -0.2) is 34.7 Å². The van der Waals surface area contributed by atoms with Crippen LogP contribution in [0, 0.1) is 0 Å². The van der Waals surface area contributed by atoms with Gasteiger partial charge in [0, 0.05) is 50.1 Å². The molecule has 0 aromatic heterocycles. The zero-order valence-electron chi connectivity index (χ0n) is 21.6. The largest absolute Gasteiger partial charge is 0.295 e. The van der Waals surface area contributed by atoms with E-state index in [4.69, 9.17) is 0 Å². The molecule has 0 fully saturated rings. The highest BCUT2D eigenvalue weighted by Gasteiger charge is 2.20. The maximum Gasteiger partial charge on any atom is 0.193 e. The molecule has 0 aliphatic carbocycles. The molecule has 0 radical (unpaired) electrons. The molecule has 6 nitrogen and oxygen atoms in total. The van der Waals surface area contributed by atoms with Gasteiger partial charge < -0.3 is 0 Å². The van der Waals surface area contributed by atoms with Crippen LogP contribution >= 0.6 is 0 Å². The van der Waals surface area contributed by atoms with Gasteiger partial charge in [-0.2, -0.15) is 0 Å². The number of ketones is 6. The molecule has 0 bridgehead atoms. The van der Waals surface area contributed by atoms with Crippen LogP contribution in [0.25, 0.3) is 0 Å². The topological polar surface area (TPSA) is 102 Å². The Bertz CT molecular complexity index is 1430. The Morgan fingerprint density at radius 2 is 0.487 bits per heavy atom. The maximum atomic E-state index is 13.4. The van der Waals surface area contributed by atoms with Crippen LogP contribution in [0.1, 0.15) is 99.6 Å². The zero-order chi connectivity index (χ0) is 28.3. The molecule has 4 aromatic rings. The van der Waals surface area contributed by atoms with E-state index in [9.17, 15) is 28.8 Å². The van der Waals surface area contributed by atoms with Gasteiger partial charge in [0.15, 0.2) is 34.7 Å². The maximum absolute atomic E-state index is 13.4. The van der Waals surface area contributed by atoms with Crippen molar-refractivity contribution in [3.8, 4) is 0 Å². The van der Waals surface area contributed by atoms with E-state index in [0.29, 0.717) is 33.4 Å². The number of carbonyl (C=O) groups excluding carboxylic acids is 6. The number of hydrogen-bond acceptors (Lipinski definition) is 6. The van der Waals surface area contributed by atoms with Crippen LogP contribution in [0.2, 0.25) is 0 Å². The SMILES string of the molecule is CC(=O)c1ccc(C(=O)c2cc(C(=O)c3ccc(C(C)=O)cc3)cc(C(=O)c3ccc(C(C)=O)cc3)c2)cc1. The monoisotopic (exact) mass is 516 g/mol. The number of carbonyl (C=O) groups is 6. The average molecular weight is 517 g/mol. The number of benzene rings is 4. The van der Waals surface area contributed by atoms with Gasteiger partial charge in [0.05, 0.1) is 0 Å². The van der Waals surface area contributed by atoms with Crippen molar-refractivity contribution in [2.45, 2.75) is 20.8 Å². The molecular formula is C33H24O6. The van der Waals surface area contributed by atoms with Gasteiger partial charge in [-0.15, -0.1) is 0 Å². The summed E-state index contributed by atoms with van der Waals surface area (Å²) in [5.74, 6) is -1.68. The molecule has 0 heterocycles. The van der Waals surface area contributed by atoms with Crippen molar-refractivity contribution in [1.29, 1.82) is 0 Å². The summed E-state index contributed by atoms with van der Waals surface area (Å²) in [5.41, 5.74) is 2.61. The fourth-order valence-electron chi connectivity index (χ4n) is 4.09. The van der Waals surface area contributed by atoms with Gasteiger partial charge >= 0.3 is 0 Å². The van der Waals surface area contributed by atoms with Crippen LogP contribution in [-0.2, 0) is 0 Å². The summed E-state index contributed by atoms with van der Waals surface area (Å²) in [7, 11) is 0. The molecule has 0 atom stereocenters. The summed E-state index contributed by atoms with van der Waals surface area (Å²) in [6.07, 6.45) is 0. The van der Waals surface area contributed by atoms with Crippen molar-refractivity contribution in [2.75, 3.05) is 0 Å². The first-order chi connectivity index (χ1) is 18.5. The second-order valence-electron chi connectivity index (χ2n) is 9.19. The Balaban J connectivity index is 1.79. The van der Waals surface area contributed by atoms with E-state index in [-0.39, 0.29) is 34.0 Å². The van der Waals surface area contributed by atoms with E-state index in [2.05, 4.69) is 0 Å². The second kappa shape index (κ2) is 11.1. The third kappa shape index (κ3) is 5.91. The number of hydrogen-bond donors (Lipinski definition) is 0. The second-order valence-corrected chi connectivity index (χ2v) is 9.19. The van der Waals surface area contributed by atoms with Crippen LogP contribution in [0.3, 0.4) is 0 Å². The van der Waals surface area contributed by atoms with E-state index in [1.807, 2.05) is 0 Å². The minimum Gasteiger partial charge on any atom is -0.295 e. The molecule has 0 spiro atoms. The molecule has 0 saturated heterocycles. The van der Waals surface area contributed by atoms with E-state index < -0.39 is 17.3 Å². The van der Waals surface area contributed by atoms with Crippen molar-refractivity contribution < 1.29 is 28.8 Å². The highest BCUT2D eigenvalue weighted by molar-refractivity contribution is 6.17. The first kappa shape index (κ1) is 26.9. The van der Waals surface area contributed by atoms with Gasteiger partial charge in [-0.05, 0) is 39.0 Å². The molecule has 6 heteroatoms. The predicted octanol–water partition coefficient (Wildman–Crippen LogP) is 5.99. The lowest BCUT2D eigenvalue weighted by Crippen LogP contribution is -2.11. The average Bonchev–Trinajstić information content (AvgIpc) is 2.95. The highest BCUT2D eigenvalue weighted by atomic mass is 16.1. The Kier molecular flexibility index (Phi) is 7.68. The van der Waals surface area contributed by atoms with Gasteiger partial charge in [-0.1, -0.05) is 72.8 Å². The van der Waals surface area contributed by atoms with Crippen molar-refractivity contribution in [3.63, 3.8) is 0 Å². The first-order valence-electron chi connectivity index (χ1n) is 12.2. The molecule has 0 saturated carbocycles. The van der Waals surface area contributed by atoms with Crippen molar-refractivity contribution in [1.82, 2.24) is 0 Å². The Hall–Kier alpha value is -5.10. The van der Waals surface area contributed by atoms with Crippen molar-refractivity contribution in [2.24, 2.45) is 0 Å². The fourth-order valence-corrected chi connectivity index (χ4v) is 4.09. The number of rotatable bonds is 9. The van der Waals surface area contributed by atoms with Crippen LogP contribution in [0.5, 0.6) is 0 Å². The normalized spacial score (nSPS) is 10.5. The summed E-state index contributed by atoms with van der Waals surface area (Å²) in [5, 5.41) is 0. The van der Waals surface area contributed by atoms with Crippen molar-refractivity contribution in [3.05, 3.63) is 141 Å². The Labute approximate surface area is 225 Å². The minimum absolute atomic E-state index is 0.125. The predicted molar refractivity (Wildman–Crippen MR) is 146 cm³/mol. The third-order valence-corrected chi connectivity index (χ3v) is 6.38. The molecule has 0 amide bonds. The van der Waals surface area contributed by atoms with E-state index in [0.717, 1.165) is 0 Å². The number of Topliss-reactive ketones (excluding diaryl/α,β-unsaturated/α-hetero) is 3. The summed E-state index contributed by atoms with van der Waals surface area (Å²) >= 11 is 0. The molecule has 0 aliphatic rings. The zero-order valence-corrected chi connectivity index (χ0v) is 21.6. The molecule has 4 aromatic carbocycles. The van der Waals surface area contributed by atoms with Gasteiger partial charge in [-0.25, -0.2) is 0 Å². The molecule has 0 unspecified atom stereocenters. The fraction of sp³-hybridized carbons (Fsp3) is 0.0909. The van der Waals surface area contributed by atoms with Gasteiger partial charge in [0.25, 0.3) is 0 Å². The molecule has 39 heavy (non-hydrogen) atoms. The van der Waals surface area contributed by atoms with E-state index in [1.165, 1.54) is 75.4 Å². The van der Waals surface area contributed by atoms with Crippen molar-refractivity contribution >= 4 is 34.7 Å². The van der Waals surface area contributed by atoms with Gasteiger partial charge in [0.1, 0.15) is 0 Å². The van der Waals surface area contributed by atoms with Crippen LogP contribution in [0.15, 0.2) is 91.0 Å². The smallest absolute Gasteiger partial charge is 0.193 e. The quantitative estimate of drug-likeness (QED) is 0.253. The summed E-state index contributed by atoms with van der Waals surface area (Å²) in [6.45, 7) is 4.28. The van der Waals surface area contributed by atoms with Crippen LogP contribution in [0.4, 0.5) is 0 Å². The van der Waals surface area contributed by atoms with E-state index >= 15 is 0 Å². The molecular weight excluding hydrogens is 492 g/mol. The minimum atomic E-state index is -0.423. The first-order valence-corrected chi connectivity index (χ1v) is 12.2. The standard InChI is InChI=1S/C33H24O6/c1-19(34)22-4-10-25(11-5-22)31(37)28-16-29(32(38)26-12-6-23(7-13-26)20(2)35)18-30(17-28)33(39)27-14-8-24(9-15-27)21(3)36/h4-18H,1-3H3. The molecule has 4 rings (SSSR count). The van der Waals surface area contributed by atoms with E-state index in [1.54, 1.807) is 36.4 Å². The lowest BCUT2D eigenvalue weighted by Gasteiger charge is -2.10. The van der Waals surface area contributed by atoms with Gasteiger partial charge in [-0.3, -0.25) is 28.8 Å². The lowest BCUT2D eigenvalue weighted by atomic mass is 9.91. The lowest BCUT2D eigenvalue weighted by molar-refractivity contribution is 0.100. The third-order valence-electron chi connectivity index (χ3n) is 6.38. The van der Waals surface area contributed by atoms with Gasteiger partial charge in [0.2, 0.25) is 0 Å². The Morgan fingerprint density at radius 3 is 0.667 bits per heavy atom.